The summed E-state index contributed by atoms with van der Waals surface area (Å²) in [5, 5.41) is 77.9. The van der Waals surface area contributed by atoms with E-state index in [1.165, 1.54) is 0 Å². The van der Waals surface area contributed by atoms with Crippen molar-refractivity contribution < 1.29 is 133 Å². The summed E-state index contributed by atoms with van der Waals surface area (Å²) in [6.07, 6.45) is -5.43. The first-order chi connectivity index (χ1) is 11.6. The maximum absolute atomic E-state index is 10.1. The molecule has 172 valence electrons. The van der Waals surface area contributed by atoms with Gasteiger partial charge in [-0.15, -0.1) is 0 Å². The van der Waals surface area contributed by atoms with E-state index in [1.807, 2.05) is 0 Å². The number of hydrogen-bond donors (Lipinski definition) is 2. The van der Waals surface area contributed by atoms with Gasteiger partial charge in [0.15, 0.2) is 0 Å². The fourth-order valence-corrected chi connectivity index (χ4v) is 1.37. The van der Waals surface area contributed by atoms with Crippen molar-refractivity contribution in [2.45, 2.75) is 36.9 Å². The van der Waals surface area contributed by atoms with E-state index in [4.69, 9.17) is 10.2 Å². The molecule has 0 bridgehead atoms. The van der Waals surface area contributed by atoms with Crippen molar-refractivity contribution in [2.24, 2.45) is 0 Å². The number of aliphatic hydroxyl groups is 2. The molecule has 0 atom stereocenters. The smallest absolute Gasteiger partial charge is 0.550 e. The Labute approximate surface area is 204 Å². The zero-order valence-corrected chi connectivity index (χ0v) is 20.4. The maximum atomic E-state index is 10.1. The van der Waals surface area contributed by atoms with Crippen LogP contribution in [0.4, 0.5) is 0 Å². The SMILES string of the molecule is O=C([O-])CC(O)(CC(=O)[O-])C(=O)[O-].O=C([O-])CC(O)(CC(=O)[O-])C(=O)[O-].[Pt+2].[Pt+2].[Pt+2]. The predicted molar refractivity (Wildman–Crippen MR) is 58.4 cm³/mol. The molecule has 17 heteroatoms. The van der Waals surface area contributed by atoms with Gasteiger partial charge in [-0.25, -0.2) is 0 Å². The molecule has 0 spiro atoms. The number of rotatable bonds is 10. The normalized spacial score (nSPS) is 9.72. The first-order valence-electron chi connectivity index (χ1n) is 6.23. The quantitative estimate of drug-likeness (QED) is 0.206. The van der Waals surface area contributed by atoms with Gasteiger partial charge in [0.1, 0.15) is 11.2 Å². The number of aliphatic carboxylic acids is 6. The molecular formula is C12H10O14Pt3. The molecule has 0 aliphatic heterocycles. The van der Waals surface area contributed by atoms with Gasteiger partial charge >= 0.3 is 63.2 Å². The first-order valence-corrected chi connectivity index (χ1v) is 6.23. The van der Waals surface area contributed by atoms with E-state index < -0.39 is 72.7 Å². The summed E-state index contributed by atoms with van der Waals surface area (Å²) in [7, 11) is 0. The van der Waals surface area contributed by atoms with Crippen molar-refractivity contribution in [1.82, 2.24) is 0 Å². The van der Waals surface area contributed by atoms with Gasteiger partial charge in [0.05, 0.1) is 11.9 Å². The number of carboxylic acid groups (broad SMARTS) is 6. The largest absolute Gasteiger partial charge is 2.00 e. The number of carbonyl (C=O) groups is 6. The topological polar surface area (TPSA) is 281 Å². The molecule has 0 aromatic rings. The monoisotopic (exact) mass is 963 g/mol. The van der Waals surface area contributed by atoms with E-state index in [2.05, 4.69) is 0 Å². The van der Waals surface area contributed by atoms with Crippen LogP contribution in [0.2, 0.25) is 0 Å². The van der Waals surface area contributed by atoms with Crippen LogP contribution in [0, 0.1) is 0 Å². The van der Waals surface area contributed by atoms with Crippen LogP contribution >= 0.6 is 0 Å². The minimum atomic E-state index is -2.97. The van der Waals surface area contributed by atoms with Crippen LogP contribution in [0.1, 0.15) is 25.7 Å². The average molecular weight is 963 g/mol. The van der Waals surface area contributed by atoms with Crippen LogP contribution in [-0.4, -0.2) is 57.2 Å². The second-order valence-electron chi connectivity index (χ2n) is 4.83. The molecule has 0 aliphatic carbocycles. The van der Waals surface area contributed by atoms with Crippen molar-refractivity contribution in [3.05, 3.63) is 0 Å². The molecule has 0 saturated carbocycles. The summed E-state index contributed by atoms with van der Waals surface area (Å²) >= 11 is 0. The zero-order chi connectivity index (χ0) is 21.3. The summed E-state index contributed by atoms with van der Waals surface area (Å²) in [5.41, 5.74) is -5.95. The minimum absolute atomic E-state index is 0. The molecular weight excluding hydrogens is 953 g/mol. The van der Waals surface area contributed by atoms with Gasteiger partial charge in [0, 0.05) is 49.6 Å². The third-order valence-corrected chi connectivity index (χ3v) is 2.51. The van der Waals surface area contributed by atoms with Crippen LogP contribution in [-0.2, 0) is 92.0 Å². The van der Waals surface area contributed by atoms with E-state index in [1.54, 1.807) is 0 Å². The van der Waals surface area contributed by atoms with Gasteiger partial charge in [-0.05, 0) is 0 Å². The van der Waals surface area contributed by atoms with E-state index in [9.17, 15) is 59.4 Å². The summed E-state index contributed by atoms with van der Waals surface area (Å²) in [4.78, 5) is 60.0. The Hall–Kier alpha value is -1.20. The Bertz CT molecular complexity index is 521. The summed E-state index contributed by atoms with van der Waals surface area (Å²) in [6, 6.07) is 0. The maximum Gasteiger partial charge on any atom is 2.00 e. The molecule has 0 aromatic heterocycles. The van der Waals surface area contributed by atoms with E-state index >= 15 is 0 Å². The summed E-state index contributed by atoms with van der Waals surface area (Å²) < 4.78 is 0. The Morgan fingerprint density at radius 1 is 0.483 bits per heavy atom. The third-order valence-electron chi connectivity index (χ3n) is 2.51. The number of hydrogen-bond acceptors (Lipinski definition) is 14. The van der Waals surface area contributed by atoms with Crippen molar-refractivity contribution in [3.8, 4) is 0 Å². The van der Waals surface area contributed by atoms with Crippen LogP contribution in [0.5, 0.6) is 0 Å². The third kappa shape index (κ3) is 17.4. The molecule has 2 N–H and O–H groups in total. The van der Waals surface area contributed by atoms with E-state index in [0.717, 1.165) is 0 Å². The van der Waals surface area contributed by atoms with Gasteiger partial charge in [-0.3, -0.25) is 0 Å². The Morgan fingerprint density at radius 2 is 0.621 bits per heavy atom. The Morgan fingerprint density at radius 3 is 0.690 bits per heavy atom. The van der Waals surface area contributed by atoms with Crippen LogP contribution < -0.4 is 30.6 Å². The van der Waals surface area contributed by atoms with Crippen molar-refractivity contribution in [1.29, 1.82) is 0 Å². The molecule has 0 radical (unpaired) electrons. The van der Waals surface area contributed by atoms with Gasteiger partial charge < -0.3 is 69.6 Å². The van der Waals surface area contributed by atoms with E-state index in [-0.39, 0.29) is 63.2 Å². The Balaban J connectivity index is -0.000000120. The molecule has 0 heterocycles. The molecule has 0 fully saturated rings. The standard InChI is InChI=1S/2C6H8O7.3Pt/c2*7-3(8)1-6(13,5(11)12)2-4(9)10;;;/h2*13H,1-2H2,(H,7,8)(H,9,10)(H,11,12);;;/q;;3*+2/p-6. The second kappa shape index (κ2) is 16.6. The van der Waals surface area contributed by atoms with Gasteiger partial charge in [0.25, 0.3) is 0 Å². The molecule has 0 saturated heterocycles. The minimum Gasteiger partial charge on any atom is -0.550 e. The zero-order valence-electron chi connectivity index (χ0n) is 13.6. The molecule has 0 rings (SSSR count). The van der Waals surface area contributed by atoms with Crippen molar-refractivity contribution >= 4 is 35.8 Å². The van der Waals surface area contributed by atoms with Gasteiger partial charge in [0.2, 0.25) is 0 Å². The molecule has 14 nitrogen and oxygen atoms in total. The average Bonchev–Trinajstić information content (AvgIpc) is 2.34. The van der Waals surface area contributed by atoms with E-state index in [0.29, 0.717) is 0 Å². The summed E-state index contributed by atoms with van der Waals surface area (Å²) in [6.45, 7) is 0. The summed E-state index contributed by atoms with van der Waals surface area (Å²) in [5.74, 6) is -12.0. The Kier molecular flexibility index (Phi) is 22.0. The van der Waals surface area contributed by atoms with Crippen molar-refractivity contribution in [2.75, 3.05) is 0 Å². The fourth-order valence-electron chi connectivity index (χ4n) is 1.37. The fraction of sp³-hybridized carbons (Fsp3) is 0.500. The second-order valence-corrected chi connectivity index (χ2v) is 4.83. The van der Waals surface area contributed by atoms with Gasteiger partial charge in [-0.1, -0.05) is 0 Å². The van der Waals surface area contributed by atoms with Gasteiger partial charge in [-0.2, -0.15) is 0 Å². The number of carboxylic acids is 6. The number of carbonyl (C=O) groups excluding carboxylic acids is 6. The van der Waals surface area contributed by atoms with Crippen molar-refractivity contribution in [3.63, 3.8) is 0 Å². The molecule has 0 unspecified atom stereocenters. The molecule has 0 aromatic carbocycles. The predicted octanol–water partition coefficient (Wildman–Crippen LogP) is -10.5. The molecule has 0 aliphatic rings. The first kappa shape index (κ1) is 38.4. The van der Waals surface area contributed by atoms with Crippen LogP contribution in [0.3, 0.4) is 0 Å². The van der Waals surface area contributed by atoms with Crippen LogP contribution in [0.15, 0.2) is 0 Å². The molecule has 29 heavy (non-hydrogen) atoms. The van der Waals surface area contributed by atoms with Crippen LogP contribution in [0.25, 0.3) is 0 Å². The molecule has 0 amide bonds.